The number of aryl methyl sites for hydroxylation is 2. The average Bonchev–Trinajstić information content (AvgIpc) is 3.71. The van der Waals surface area contributed by atoms with E-state index in [1.165, 1.54) is 49.9 Å². The van der Waals surface area contributed by atoms with E-state index in [-0.39, 0.29) is 0 Å². The fourth-order valence-corrected chi connectivity index (χ4v) is 9.18. The lowest BCUT2D eigenvalue weighted by molar-refractivity contribution is -0.995. The molecule has 0 aliphatic carbocycles. The minimum Gasteiger partial charge on any atom is -0.456 e. The predicted octanol–water partition coefficient (Wildman–Crippen LogP) is 7.54. The average molecular weight is 623 g/mol. The molecule has 1 atom stereocenters. The number of benzene rings is 3. The third-order valence-corrected chi connectivity index (χ3v) is 10.8. The minimum atomic E-state index is -0.726. The van der Waals surface area contributed by atoms with Crippen LogP contribution in [0.4, 0.5) is 0 Å². The Kier molecular flexibility index (Phi) is 4.68. The maximum atomic E-state index is 6.86. The summed E-state index contributed by atoms with van der Waals surface area (Å²) in [6.07, 6.45) is 4.07. The minimum absolute atomic E-state index is 0.726. The molecule has 7 nitrogen and oxygen atoms in total. The van der Waals surface area contributed by atoms with Crippen molar-refractivity contribution in [1.29, 1.82) is 0 Å². The zero-order chi connectivity index (χ0) is 32.1. The molecule has 8 heterocycles. The lowest BCUT2D eigenvalue weighted by atomic mass is 9.83. The molecule has 3 aliphatic heterocycles. The number of hydrogen-bond donors (Lipinski definition) is 0. The van der Waals surface area contributed by atoms with Crippen LogP contribution in [-0.2, 0) is 5.66 Å². The number of rotatable bonds is 2. The van der Waals surface area contributed by atoms with Crippen LogP contribution >= 0.6 is 0 Å². The van der Waals surface area contributed by atoms with E-state index in [2.05, 4.69) is 136 Å². The van der Waals surface area contributed by atoms with Gasteiger partial charge >= 0.3 is 5.66 Å². The van der Waals surface area contributed by atoms with E-state index >= 15 is 0 Å². The van der Waals surface area contributed by atoms with Crippen molar-refractivity contribution in [3.8, 4) is 45.5 Å². The van der Waals surface area contributed by atoms with Gasteiger partial charge in [0, 0.05) is 41.2 Å². The van der Waals surface area contributed by atoms with Crippen molar-refractivity contribution in [2.45, 2.75) is 33.4 Å². The van der Waals surface area contributed by atoms with Gasteiger partial charge in [0.2, 0.25) is 5.69 Å². The highest BCUT2D eigenvalue weighted by molar-refractivity contribution is 6.11. The molecule has 11 rings (SSSR count). The van der Waals surface area contributed by atoms with Gasteiger partial charge in [-0.05, 0) is 87.0 Å². The van der Waals surface area contributed by atoms with Crippen molar-refractivity contribution in [1.82, 2.24) is 19.2 Å². The van der Waals surface area contributed by atoms with Gasteiger partial charge in [-0.1, -0.05) is 35.0 Å². The van der Waals surface area contributed by atoms with E-state index in [1.807, 2.05) is 24.4 Å². The van der Waals surface area contributed by atoms with E-state index in [0.717, 1.165) is 51.2 Å². The molecule has 8 aromatic rings. The Balaban J connectivity index is 1.30. The molecule has 7 heteroatoms. The number of pyridine rings is 3. The Bertz CT molecular complexity index is 2730. The van der Waals surface area contributed by atoms with Crippen molar-refractivity contribution >= 4 is 21.8 Å². The summed E-state index contributed by atoms with van der Waals surface area (Å²) in [6, 6.07) is 34.3. The van der Waals surface area contributed by atoms with Gasteiger partial charge in [0.15, 0.2) is 11.1 Å². The first-order valence-electron chi connectivity index (χ1n) is 16.4. The third kappa shape index (κ3) is 2.80. The molecule has 0 amide bonds. The summed E-state index contributed by atoms with van der Waals surface area (Å²) < 4.78 is 16.7. The van der Waals surface area contributed by atoms with Crippen molar-refractivity contribution in [2.24, 2.45) is 0 Å². The van der Waals surface area contributed by atoms with Crippen LogP contribution in [0.2, 0.25) is 0 Å². The highest BCUT2D eigenvalue weighted by Crippen LogP contribution is 2.56. The van der Waals surface area contributed by atoms with Crippen molar-refractivity contribution < 1.29 is 14.0 Å². The quantitative estimate of drug-likeness (QED) is 0.187. The number of hydrogen-bond acceptors (Lipinski definition) is 3. The fraction of sp³-hybridized carbons (Fsp3) is 0.122. The zero-order valence-corrected chi connectivity index (χ0v) is 27.0. The Morgan fingerprint density at radius 2 is 1.56 bits per heavy atom. The highest BCUT2D eigenvalue weighted by atomic mass is 16.5. The van der Waals surface area contributed by atoms with E-state index < -0.39 is 5.66 Å². The van der Waals surface area contributed by atoms with E-state index in [9.17, 15) is 0 Å². The van der Waals surface area contributed by atoms with Gasteiger partial charge in [-0.15, -0.1) is 4.68 Å². The zero-order valence-electron chi connectivity index (χ0n) is 27.0. The van der Waals surface area contributed by atoms with Crippen LogP contribution in [0.1, 0.15) is 33.8 Å². The van der Waals surface area contributed by atoms with Gasteiger partial charge in [-0.2, -0.15) is 9.13 Å². The van der Waals surface area contributed by atoms with Crippen LogP contribution in [0, 0.1) is 27.7 Å². The molecule has 0 fully saturated rings. The second kappa shape index (κ2) is 8.63. The van der Waals surface area contributed by atoms with Crippen molar-refractivity contribution in [2.75, 3.05) is 0 Å². The molecule has 3 aromatic carbocycles. The number of fused-ring (bicyclic) bond motifs is 7. The Labute approximate surface area is 276 Å². The Morgan fingerprint density at radius 1 is 0.729 bits per heavy atom. The topological polar surface area (TPSA) is 52.6 Å². The Morgan fingerprint density at radius 3 is 2.42 bits per heavy atom. The standard InChI is InChI=1S/C41H30N6O/c1-23-22-30(29-13-7-9-20-42-29)43-24(2)36(23)37-25(3)46-32-15-11-16-33-38(32)41(47(46)26(37)4)39-34(48-33)19-18-28-27-12-5-6-14-31(27)45(40(28)39)35-17-8-10-21-44(35)41/h5-22H,1-4H3/q+2. The van der Waals surface area contributed by atoms with Crippen LogP contribution < -0.4 is 14.0 Å². The summed E-state index contributed by atoms with van der Waals surface area (Å²) in [5, 5.41) is 2.46. The number of nitrogens with zero attached hydrogens (tertiary/aromatic N) is 6. The molecule has 228 valence electrons. The van der Waals surface area contributed by atoms with E-state index in [0.29, 0.717) is 0 Å². The molecule has 0 N–H and O–H groups in total. The smallest absolute Gasteiger partial charge is 0.397 e. The summed E-state index contributed by atoms with van der Waals surface area (Å²) in [6.45, 7) is 8.84. The highest BCUT2D eigenvalue weighted by Gasteiger charge is 2.70. The van der Waals surface area contributed by atoms with Gasteiger partial charge in [-0.3, -0.25) is 9.97 Å². The first-order chi connectivity index (χ1) is 23.5. The monoisotopic (exact) mass is 622 g/mol. The van der Waals surface area contributed by atoms with Gasteiger partial charge in [0.25, 0.3) is 5.82 Å². The van der Waals surface area contributed by atoms with Crippen LogP contribution in [0.15, 0.2) is 109 Å². The lowest BCUT2D eigenvalue weighted by Gasteiger charge is -2.33. The largest absolute Gasteiger partial charge is 0.456 e. The molecular formula is C41H30N6O+2. The van der Waals surface area contributed by atoms with Crippen LogP contribution in [0.25, 0.3) is 55.8 Å². The van der Waals surface area contributed by atoms with E-state index in [4.69, 9.17) is 9.72 Å². The summed E-state index contributed by atoms with van der Waals surface area (Å²) >= 11 is 0. The van der Waals surface area contributed by atoms with Crippen LogP contribution in [-0.4, -0.2) is 19.2 Å². The second-order valence-corrected chi connectivity index (χ2v) is 13.2. The molecule has 0 saturated heterocycles. The first-order valence-corrected chi connectivity index (χ1v) is 16.4. The molecule has 1 spiro atoms. The number of aromatic nitrogens is 6. The van der Waals surface area contributed by atoms with Gasteiger partial charge < -0.3 is 4.74 Å². The molecular weight excluding hydrogens is 592 g/mol. The molecule has 1 unspecified atom stereocenters. The maximum Gasteiger partial charge on any atom is 0.397 e. The van der Waals surface area contributed by atoms with Crippen LogP contribution in [0.5, 0.6) is 11.5 Å². The predicted molar refractivity (Wildman–Crippen MR) is 184 cm³/mol. The molecule has 3 aliphatic rings. The SMILES string of the molecule is Cc1cc(-c2ccccn2)nc(C)c1-c1c(C)n2[n+](c1C)C13c4c(cccc4-2)Oc2ccc4c5ccccc5n(c4c21)-c1cccc[n+]13. The molecule has 5 aromatic heterocycles. The lowest BCUT2D eigenvalue weighted by Crippen LogP contribution is -2.77. The maximum absolute atomic E-state index is 6.86. The normalized spacial score (nSPS) is 16.2. The molecule has 0 bridgehead atoms. The van der Waals surface area contributed by atoms with Crippen molar-refractivity contribution in [3.63, 3.8) is 0 Å². The summed E-state index contributed by atoms with van der Waals surface area (Å²) in [5.74, 6) is 2.88. The molecule has 48 heavy (non-hydrogen) atoms. The third-order valence-electron chi connectivity index (χ3n) is 10.8. The van der Waals surface area contributed by atoms with Crippen LogP contribution in [0.3, 0.4) is 0 Å². The summed E-state index contributed by atoms with van der Waals surface area (Å²) in [7, 11) is 0. The number of ether oxygens (including phenoxy) is 1. The van der Waals surface area contributed by atoms with Gasteiger partial charge in [0.05, 0.1) is 28.8 Å². The fourth-order valence-electron chi connectivity index (χ4n) is 9.18. The van der Waals surface area contributed by atoms with E-state index in [1.54, 1.807) is 0 Å². The molecule has 0 saturated carbocycles. The van der Waals surface area contributed by atoms with Gasteiger partial charge in [0.1, 0.15) is 28.3 Å². The van der Waals surface area contributed by atoms with Gasteiger partial charge in [-0.25, -0.2) is 0 Å². The van der Waals surface area contributed by atoms with Crippen molar-refractivity contribution in [3.05, 3.63) is 143 Å². The summed E-state index contributed by atoms with van der Waals surface area (Å²) in [4.78, 5) is 9.72. The first kappa shape index (κ1) is 26.0. The second-order valence-electron chi connectivity index (χ2n) is 13.2. The molecule has 0 radical (unpaired) electrons. The number of para-hydroxylation sites is 1. The Hall–Kier alpha value is -6.08. The summed E-state index contributed by atoms with van der Waals surface area (Å²) in [5.41, 5.74) is 13.8.